The van der Waals surface area contributed by atoms with E-state index in [0.717, 1.165) is 25.7 Å². The fourth-order valence-electron chi connectivity index (χ4n) is 3.95. The summed E-state index contributed by atoms with van der Waals surface area (Å²) < 4.78 is 5.22. The van der Waals surface area contributed by atoms with Crippen LogP contribution in [0, 0.1) is 0 Å². The van der Waals surface area contributed by atoms with Gasteiger partial charge in [0.25, 0.3) is 11.8 Å². The van der Waals surface area contributed by atoms with Crippen LogP contribution >= 0.6 is 0 Å². The Hall–Kier alpha value is -3.41. The Morgan fingerprint density at radius 3 is 2.43 bits per heavy atom. The monoisotopic (exact) mass is 404 g/mol. The molecular weight excluding hydrogens is 380 g/mol. The zero-order chi connectivity index (χ0) is 21.1. The highest BCUT2D eigenvalue weighted by molar-refractivity contribution is 6.05. The van der Waals surface area contributed by atoms with Crippen molar-refractivity contribution in [2.75, 3.05) is 12.4 Å². The van der Waals surface area contributed by atoms with Crippen LogP contribution in [-0.2, 0) is 0 Å². The van der Waals surface area contributed by atoms with Crippen LogP contribution < -0.4 is 10.9 Å². The molecule has 6 nitrogen and oxygen atoms in total. The number of rotatable bonds is 4. The van der Waals surface area contributed by atoms with Crippen LogP contribution in [0.25, 0.3) is 11.0 Å². The van der Waals surface area contributed by atoms with Gasteiger partial charge in [-0.1, -0.05) is 37.5 Å². The topological polar surface area (TPSA) is 79.6 Å². The van der Waals surface area contributed by atoms with Crippen LogP contribution in [0.15, 0.2) is 63.8 Å². The molecule has 0 aliphatic heterocycles. The van der Waals surface area contributed by atoms with Crippen molar-refractivity contribution >= 4 is 28.5 Å². The van der Waals surface area contributed by atoms with Crippen molar-refractivity contribution in [1.29, 1.82) is 0 Å². The van der Waals surface area contributed by atoms with Crippen molar-refractivity contribution in [3.05, 3.63) is 76.1 Å². The molecule has 0 radical (unpaired) electrons. The maximum Gasteiger partial charge on any atom is 0.349 e. The lowest BCUT2D eigenvalue weighted by Gasteiger charge is -2.31. The predicted molar refractivity (Wildman–Crippen MR) is 116 cm³/mol. The van der Waals surface area contributed by atoms with E-state index < -0.39 is 11.5 Å². The molecule has 1 N–H and O–H groups in total. The van der Waals surface area contributed by atoms with Crippen LogP contribution in [0.1, 0.15) is 52.8 Å². The van der Waals surface area contributed by atoms with Crippen molar-refractivity contribution in [3.8, 4) is 0 Å². The summed E-state index contributed by atoms with van der Waals surface area (Å²) in [6.07, 6.45) is 5.66. The predicted octanol–water partition coefficient (Wildman–Crippen LogP) is 4.45. The molecule has 2 aromatic carbocycles. The Labute approximate surface area is 174 Å². The summed E-state index contributed by atoms with van der Waals surface area (Å²) in [5.74, 6) is -0.567. The number of benzene rings is 2. The van der Waals surface area contributed by atoms with Crippen molar-refractivity contribution in [3.63, 3.8) is 0 Å². The first-order valence-corrected chi connectivity index (χ1v) is 10.2. The lowest BCUT2D eigenvalue weighted by Crippen LogP contribution is -2.38. The molecule has 1 aliphatic rings. The number of carbonyl (C=O) groups is 2. The minimum absolute atomic E-state index is 0.0186. The van der Waals surface area contributed by atoms with Gasteiger partial charge in [-0.15, -0.1) is 0 Å². The Morgan fingerprint density at radius 2 is 1.70 bits per heavy atom. The van der Waals surface area contributed by atoms with Gasteiger partial charge in [-0.2, -0.15) is 0 Å². The van der Waals surface area contributed by atoms with Gasteiger partial charge in [0.05, 0.1) is 0 Å². The van der Waals surface area contributed by atoms with Gasteiger partial charge in [-0.3, -0.25) is 9.59 Å². The largest absolute Gasteiger partial charge is 0.422 e. The third-order valence-electron chi connectivity index (χ3n) is 5.72. The molecule has 154 valence electrons. The van der Waals surface area contributed by atoms with E-state index in [1.807, 2.05) is 18.0 Å². The van der Waals surface area contributed by atoms with Gasteiger partial charge >= 0.3 is 5.63 Å². The standard InChI is InChI=1S/C24H24N2O4/c1-26(19-8-3-2-4-9-19)23(28)16-11-13-18(14-12-16)25-22(27)20-15-17-7-5-6-10-21(17)30-24(20)29/h5-7,10-15,19H,2-4,8-9H2,1H3,(H,25,27). The minimum Gasteiger partial charge on any atom is -0.422 e. The zero-order valence-corrected chi connectivity index (χ0v) is 16.9. The lowest BCUT2D eigenvalue weighted by molar-refractivity contribution is 0.0696. The van der Waals surface area contributed by atoms with Gasteiger partial charge in [-0.05, 0) is 49.2 Å². The second kappa shape index (κ2) is 8.53. The van der Waals surface area contributed by atoms with E-state index in [1.165, 1.54) is 12.5 Å². The number of carbonyl (C=O) groups excluding carboxylic acids is 2. The van der Waals surface area contributed by atoms with Gasteiger partial charge in [0.15, 0.2) is 0 Å². The van der Waals surface area contributed by atoms with Crippen LogP contribution in [0.2, 0.25) is 0 Å². The first kappa shape index (κ1) is 19.9. The molecule has 0 saturated heterocycles. The Bertz CT molecular complexity index is 1130. The van der Waals surface area contributed by atoms with Crippen LogP contribution in [0.4, 0.5) is 5.69 Å². The molecule has 30 heavy (non-hydrogen) atoms. The summed E-state index contributed by atoms with van der Waals surface area (Å²) in [6.45, 7) is 0. The number of nitrogens with zero attached hydrogens (tertiary/aromatic N) is 1. The number of hydrogen-bond donors (Lipinski definition) is 1. The normalized spacial score (nSPS) is 14.4. The van der Waals surface area contributed by atoms with Gasteiger partial charge in [0, 0.05) is 29.7 Å². The smallest absolute Gasteiger partial charge is 0.349 e. The quantitative estimate of drug-likeness (QED) is 0.652. The van der Waals surface area contributed by atoms with Crippen molar-refractivity contribution < 1.29 is 14.0 Å². The number of para-hydroxylation sites is 1. The second-order valence-corrected chi connectivity index (χ2v) is 7.72. The van der Waals surface area contributed by atoms with E-state index in [4.69, 9.17) is 4.42 Å². The minimum atomic E-state index is -0.688. The molecule has 1 fully saturated rings. The first-order valence-electron chi connectivity index (χ1n) is 10.2. The van der Waals surface area contributed by atoms with E-state index >= 15 is 0 Å². The summed E-state index contributed by atoms with van der Waals surface area (Å²) >= 11 is 0. The summed E-state index contributed by atoms with van der Waals surface area (Å²) in [7, 11) is 1.85. The Morgan fingerprint density at radius 1 is 1.00 bits per heavy atom. The molecule has 4 rings (SSSR count). The Balaban J connectivity index is 1.47. The second-order valence-electron chi connectivity index (χ2n) is 7.72. The van der Waals surface area contributed by atoms with Crippen molar-refractivity contribution in [1.82, 2.24) is 4.90 Å². The molecule has 1 heterocycles. The number of amides is 2. The zero-order valence-electron chi connectivity index (χ0n) is 16.9. The molecule has 1 saturated carbocycles. The molecule has 2 amide bonds. The van der Waals surface area contributed by atoms with E-state index in [1.54, 1.807) is 42.5 Å². The van der Waals surface area contributed by atoms with E-state index in [0.29, 0.717) is 22.2 Å². The summed E-state index contributed by atoms with van der Waals surface area (Å²) in [5.41, 5.74) is 0.762. The highest BCUT2D eigenvalue weighted by Crippen LogP contribution is 2.23. The lowest BCUT2D eigenvalue weighted by atomic mass is 9.94. The number of fused-ring (bicyclic) bond motifs is 1. The highest BCUT2D eigenvalue weighted by atomic mass is 16.4. The summed E-state index contributed by atoms with van der Waals surface area (Å²) in [6, 6.07) is 15.6. The van der Waals surface area contributed by atoms with Gasteiger partial charge in [-0.25, -0.2) is 4.79 Å². The number of hydrogen-bond acceptors (Lipinski definition) is 4. The number of nitrogens with one attached hydrogen (secondary N) is 1. The third kappa shape index (κ3) is 4.13. The van der Waals surface area contributed by atoms with Crippen molar-refractivity contribution in [2.45, 2.75) is 38.1 Å². The fraction of sp³-hybridized carbons (Fsp3) is 0.292. The maximum absolute atomic E-state index is 12.8. The third-order valence-corrected chi connectivity index (χ3v) is 5.72. The molecule has 1 aromatic heterocycles. The average Bonchev–Trinajstić information content (AvgIpc) is 2.78. The molecule has 0 spiro atoms. The average molecular weight is 404 g/mol. The first-order chi connectivity index (χ1) is 14.5. The molecule has 3 aromatic rings. The summed E-state index contributed by atoms with van der Waals surface area (Å²) in [4.78, 5) is 39.3. The molecule has 0 unspecified atom stereocenters. The molecule has 1 aliphatic carbocycles. The molecule has 0 bridgehead atoms. The fourth-order valence-corrected chi connectivity index (χ4v) is 3.95. The maximum atomic E-state index is 12.8. The van der Waals surface area contributed by atoms with E-state index in [2.05, 4.69) is 5.32 Å². The SMILES string of the molecule is CN(C(=O)c1ccc(NC(=O)c2cc3ccccc3oc2=O)cc1)C1CCCCC1. The highest BCUT2D eigenvalue weighted by Gasteiger charge is 2.23. The molecular formula is C24H24N2O4. The van der Waals surface area contributed by atoms with E-state index in [-0.39, 0.29) is 17.5 Å². The van der Waals surface area contributed by atoms with Crippen LogP contribution in [0.3, 0.4) is 0 Å². The van der Waals surface area contributed by atoms with Crippen molar-refractivity contribution in [2.24, 2.45) is 0 Å². The van der Waals surface area contributed by atoms with Crippen LogP contribution in [-0.4, -0.2) is 29.8 Å². The molecule has 6 heteroatoms. The van der Waals surface area contributed by atoms with E-state index in [9.17, 15) is 14.4 Å². The van der Waals surface area contributed by atoms with Gasteiger partial charge < -0.3 is 14.6 Å². The number of anilines is 1. The van der Waals surface area contributed by atoms with Crippen LogP contribution in [0.5, 0.6) is 0 Å². The van der Waals surface area contributed by atoms with Gasteiger partial charge in [0.1, 0.15) is 11.1 Å². The Kier molecular flexibility index (Phi) is 5.65. The molecule has 0 atom stereocenters. The summed E-state index contributed by atoms with van der Waals surface area (Å²) in [5, 5.41) is 3.37. The van der Waals surface area contributed by atoms with Gasteiger partial charge in [0.2, 0.25) is 0 Å².